The van der Waals surface area contributed by atoms with Gasteiger partial charge in [0.05, 0.1) is 16.7 Å². The molecule has 0 fully saturated rings. The fourth-order valence-corrected chi connectivity index (χ4v) is 7.65. The van der Waals surface area contributed by atoms with Gasteiger partial charge in [0.15, 0.2) is 0 Å². The Bertz CT molecular complexity index is 2430. The summed E-state index contributed by atoms with van der Waals surface area (Å²) < 4.78 is 2.37. The smallest absolute Gasteiger partial charge is 0.115 e. The first-order valence-electron chi connectivity index (χ1n) is 19.4. The number of aromatic hydroxyl groups is 1. The zero-order valence-electron chi connectivity index (χ0n) is 31.0. The number of benzene rings is 7. The maximum absolute atomic E-state index is 9.71. The Kier molecular flexibility index (Phi) is 10.4. The SMILES string of the molecule is CCCCCCCCc1ccc(N(c2ccc(-c3ccccc3)cc2)c2cccc3c2c2ccccc2n3-c2ccc(Nc3ccc(O)cc3)cc2)cc1. The van der Waals surface area contributed by atoms with Crippen molar-refractivity contribution in [3.63, 3.8) is 0 Å². The first-order chi connectivity index (χ1) is 26.7. The summed E-state index contributed by atoms with van der Waals surface area (Å²) in [4.78, 5) is 2.42. The highest BCUT2D eigenvalue weighted by molar-refractivity contribution is 6.16. The van der Waals surface area contributed by atoms with E-state index in [9.17, 15) is 5.11 Å². The average molecular weight is 706 g/mol. The number of hydrogen-bond donors (Lipinski definition) is 2. The van der Waals surface area contributed by atoms with Crippen molar-refractivity contribution in [1.29, 1.82) is 0 Å². The Labute approximate surface area is 319 Å². The first-order valence-corrected chi connectivity index (χ1v) is 19.4. The van der Waals surface area contributed by atoms with Crippen LogP contribution in [0.4, 0.5) is 28.4 Å². The average Bonchev–Trinajstić information content (AvgIpc) is 3.57. The summed E-state index contributed by atoms with van der Waals surface area (Å²) in [6.07, 6.45) is 8.95. The van der Waals surface area contributed by atoms with Gasteiger partial charge in [-0.2, -0.15) is 0 Å². The topological polar surface area (TPSA) is 40.4 Å². The van der Waals surface area contributed by atoms with Crippen molar-refractivity contribution in [2.75, 3.05) is 10.2 Å². The second kappa shape index (κ2) is 16.2. The van der Waals surface area contributed by atoms with E-state index in [2.05, 4.69) is 167 Å². The summed E-state index contributed by atoms with van der Waals surface area (Å²) >= 11 is 0. The van der Waals surface area contributed by atoms with Crippen molar-refractivity contribution < 1.29 is 5.11 Å². The number of unbranched alkanes of at least 4 members (excludes halogenated alkanes) is 5. The highest BCUT2D eigenvalue weighted by Gasteiger charge is 2.21. The van der Waals surface area contributed by atoms with Crippen LogP contribution in [0.3, 0.4) is 0 Å². The van der Waals surface area contributed by atoms with Gasteiger partial charge in [0.1, 0.15) is 5.75 Å². The number of hydrogen-bond acceptors (Lipinski definition) is 3. The first kappa shape index (κ1) is 34.8. The quantitative estimate of drug-likeness (QED) is 0.0874. The molecule has 268 valence electrons. The van der Waals surface area contributed by atoms with Gasteiger partial charge in [0.2, 0.25) is 0 Å². The van der Waals surface area contributed by atoms with Gasteiger partial charge in [0, 0.05) is 39.2 Å². The Hall–Kier alpha value is -6.26. The van der Waals surface area contributed by atoms with Crippen molar-refractivity contribution in [3.8, 4) is 22.6 Å². The molecule has 0 aliphatic carbocycles. The molecule has 0 saturated carbocycles. The van der Waals surface area contributed by atoms with E-state index in [0.717, 1.165) is 51.6 Å². The standard InChI is InChI=1S/C50H47N3O/c1-2-3-4-5-6-8-14-37-21-29-42(30-22-37)52(43-31-23-39(24-32-43)38-15-9-7-10-16-38)48-19-13-20-49-50(48)46-17-11-12-18-47(46)53(49)44-33-25-40(26-34-44)51-41-27-35-45(54)36-28-41/h7,9-13,15-36,51,54H,2-6,8,14H2,1H3. The molecule has 0 bridgehead atoms. The number of para-hydroxylation sites is 1. The highest BCUT2D eigenvalue weighted by Crippen LogP contribution is 2.44. The minimum atomic E-state index is 0.255. The Morgan fingerprint density at radius 3 is 1.83 bits per heavy atom. The maximum atomic E-state index is 9.71. The van der Waals surface area contributed by atoms with Crippen LogP contribution in [0.25, 0.3) is 38.6 Å². The lowest BCUT2D eigenvalue weighted by Gasteiger charge is -2.27. The lowest BCUT2D eigenvalue weighted by atomic mass is 10.0. The van der Waals surface area contributed by atoms with Gasteiger partial charge in [-0.1, -0.05) is 118 Å². The summed E-state index contributed by atoms with van der Waals surface area (Å²) in [5.41, 5.74) is 12.5. The molecule has 0 unspecified atom stereocenters. The minimum absolute atomic E-state index is 0.255. The van der Waals surface area contributed by atoms with Gasteiger partial charge in [-0.25, -0.2) is 0 Å². The van der Waals surface area contributed by atoms with Crippen LogP contribution in [0.1, 0.15) is 51.0 Å². The molecule has 8 rings (SSSR count). The van der Waals surface area contributed by atoms with Gasteiger partial charge in [-0.05, 0) is 121 Å². The van der Waals surface area contributed by atoms with Crippen LogP contribution >= 0.6 is 0 Å². The summed E-state index contributed by atoms with van der Waals surface area (Å²) in [6.45, 7) is 2.28. The number of aromatic nitrogens is 1. The van der Waals surface area contributed by atoms with Crippen LogP contribution in [0.2, 0.25) is 0 Å². The highest BCUT2D eigenvalue weighted by atomic mass is 16.3. The van der Waals surface area contributed by atoms with E-state index >= 15 is 0 Å². The lowest BCUT2D eigenvalue weighted by molar-refractivity contribution is 0.475. The molecule has 0 amide bonds. The third-order valence-electron chi connectivity index (χ3n) is 10.4. The summed E-state index contributed by atoms with van der Waals surface area (Å²) in [5.74, 6) is 0.255. The second-order valence-electron chi connectivity index (χ2n) is 14.2. The second-order valence-corrected chi connectivity index (χ2v) is 14.2. The normalized spacial score (nSPS) is 11.3. The predicted octanol–water partition coefficient (Wildman–Crippen LogP) is 14.3. The molecule has 1 heterocycles. The number of phenolic OH excluding ortho intramolecular Hbond substituents is 1. The molecule has 4 nitrogen and oxygen atoms in total. The molecule has 2 N–H and O–H groups in total. The zero-order chi connectivity index (χ0) is 36.7. The number of fused-ring (bicyclic) bond motifs is 3. The van der Waals surface area contributed by atoms with Crippen LogP contribution < -0.4 is 10.2 Å². The van der Waals surface area contributed by atoms with Crippen LogP contribution in [0.5, 0.6) is 5.75 Å². The molecule has 54 heavy (non-hydrogen) atoms. The molecule has 4 heteroatoms. The molecule has 0 radical (unpaired) electrons. The van der Waals surface area contributed by atoms with E-state index in [-0.39, 0.29) is 5.75 Å². The predicted molar refractivity (Wildman–Crippen MR) is 229 cm³/mol. The number of nitrogens with one attached hydrogen (secondary N) is 1. The lowest BCUT2D eigenvalue weighted by Crippen LogP contribution is -2.10. The fourth-order valence-electron chi connectivity index (χ4n) is 7.65. The molecule has 0 aliphatic rings. The zero-order valence-corrected chi connectivity index (χ0v) is 31.0. The number of phenols is 1. The van der Waals surface area contributed by atoms with Crippen LogP contribution in [-0.4, -0.2) is 9.67 Å². The van der Waals surface area contributed by atoms with Crippen molar-refractivity contribution >= 4 is 50.2 Å². The van der Waals surface area contributed by atoms with E-state index in [0.29, 0.717) is 0 Å². The van der Waals surface area contributed by atoms with Crippen LogP contribution in [0.15, 0.2) is 170 Å². The third-order valence-corrected chi connectivity index (χ3v) is 10.4. The molecule has 1 aromatic heterocycles. The van der Waals surface area contributed by atoms with Gasteiger partial charge < -0.3 is 19.9 Å². The molecular formula is C50H47N3O. The van der Waals surface area contributed by atoms with E-state index in [1.807, 2.05) is 12.1 Å². The third kappa shape index (κ3) is 7.47. The maximum Gasteiger partial charge on any atom is 0.115 e. The molecular weight excluding hydrogens is 659 g/mol. The Morgan fingerprint density at radius 2 is 1.11 bits per heavy atom. The fraction of sp³-hybridized carbons (Fsp3) is 0.160. The Morgan fingerprint density at radius 1 is 0.519 bits per heavy atom. The Balaban J connectivity index is 1.19. The summed E-state index contributed by atoms with van der Waals surface area (Å²) in [5, 5.41) is 15.6. The summed E-state index contributed by atoms with van der Waals surface area (Å²) in [7, 11) is 0. The number of aryl methyl sites for hydroxylation is 1. The van der Waals surface area contributed by atoms with Crippen molar-refractivity contribution in [1.82, 2.24) is 4.57 Å². The monoisotopic (exact) mass is 705 g/mol. The number of rotatable bonds is 14. The minimum Gasteiger partial charge on any atom is -0.508 e. The van der Waals surface area contributed by atoms with Crippen molar-refractivity contribution in [2.45, 2.75) is 51.9 Å². The molecule has 0 spiro atoms. The van der Waals surface area contributed by atoms with Gasteiger partial charge in [-0.3, -0.25) is 0 Å². The van der Waals surface area contributed by atoms with Crippen LogP contribution in [-0.2, 0) is 6.42 Å². The molecule has 0 aliphatic heterocycles. The van der Waals surface area contributed by atoms with Crippen molar-refractivity contribution in [3.05, 3.63) is 175 Å². The number of anilines is 5. The van der Waals surface area contributed by atoms with Crippen LogP contribution in [0, 0.1) is 0 Å². The van der Waals surface area contributed by atoms with Gasteiger partial charge in [-0.15, -0.1) is 0 Å². The van der Waals surface area contributed by atoms with E-state index in [4.69, 9.17) is 0 Å². The van der Waals surface area contributed by atoms with Gasteiger partial charge >= 0.3 is 0 Å². The largest absolute Gasteiger partial charge is 0.508 e. The number of nitrogens with zero attached hydrogens (tertiary/aromatic N) is 2. The molecule has 7 aromatic carbocycles. The van der Waals surface area contributed by atoms with E-state index < -0.39 is 0 Å². The van der Waals surface area contributed by atoms with E-state index in [1.165, 1.54) is 66.0 Å². The van der Waals surface area contributed by atoms with Gasteiger partial charge in [0.25, 0.3) is 0 Å². The molecule has 0 atom stereocenters. The summed E-state index contributed by atoms with van der Waals surface area (Å²) in [6, 6.07) is 60.0. The molecule has 8 aromatic rings. The van der Waals surface area contributed by atoms with Crippen molar-refractivity contribution in [2.24, 2.45) is 0 Å². The molecule has 0 saturated heterocycles. The van der Waals surface area contributed by atoms with E-state index in [1.54, 1.807) is 12.1 Å².